The molecular formula is C20H33N5. The highest BCUT2D eigenvalue weighted by atomic mass is 15.3. The minimum absolute atomic E-state index is 0.635. The van der Waals surface area contributed by atoms with E-state index >= 15 is 0 Å². The first kappa shape index (κ1) is 17.2. The lowest BCUT2D eigenvalue weighted by Crippen LogP contribution is -2.53. The molecule has 1 aliphatic carbocycles. The van der Waals surface area contributed by atoms with Gasteiger partial charge in [0.2, 0.25) is 0 Å². The van der Waals surface area contributed by atoms with Crippen molar-refractivity contribution in [3.05, 3.63) is 17.6 Å². The predicted molar refractivity (Wildman–Crippen MR) is 102 cm³/mol. The van der Waals surface area contributed by atoms with Gasteiger partial charge < -0.3 is 9.80 Å². The van der Waals surface area contributed by atoms with Crippen LogP contribution in [0.1, 0.15) is 56.5 Å². The van der Waals surface area contributed by atoms with Crippen LogP contribution in [-0.2, 0) is 0 Å². The molecule has 2 saturated heterocycles. The van der Waals surface area contributed by atoms with Crippen molar-refractivity contribution in [2.24, 2.45) is 0 Å². The van der Waals surface area contributed by atoms with Gasteiger partial charge in [-0.15, -0.1) is 0 Å². The molecule has 3 aliphatic rings. The van der Waals surface area contributed by atoms with Crippen LogP contribution in [0.3, 0.4) is 0 Å². The van der Waals surface area contributed by atoms with Crippen LogP contribution >= 0.6 is 0 Å². The molecule has 0 unspecified atom stereocenters. The third-order valence-electron chi connectivity index (χ3n) is 6.05. The summed E-state index contributed by atoms with van der Waals surface area (Å²) in [7, 11) is 0. The number of aromatic nitrogens is 2. The maximum Gasteiger partial charge on any atom is 0.134 e. The van der Waals surface area contributed by atoms with Gasteiger partial charge in [-0.1, -0.05) is 6.92 Å². The van der Waals surface area contributed by atoms with Crippen molar-refractivity contribution in [1.82, 2.24) is 19.8 Å². The van der Waals surface area contributed by atoms with Crippen LogP contribution in [-0.4, -0.2) is 71.6 Å². The van der Waals surface area contributed by atoms with Crippen LogP contribution in [0.4, 0.5) is 5.82 Å². The van der Waals surface area contributed by atoms with E-state index in [4.69, 9.17) is 4.98 Å². The second kappa shape index (κ2) is 7.58. The zero-order chi connectivity index (χ0) is 17.2. The molecule has 3 heterocycles. The molecule has 1 aromatic rings. The SMILES string of the molecule is CCCN1CCN(C2CCN(c3cc(C)nc(C4CC4)n3)CC2)CC1. The topological polar surface area (TPSA) is 35.5 Å². The molecule has 0 radical (unpaired) electrons. The Hall–Kier alpha value is -1.20. The molecule has 2 aliphatic heterocycles. The second-order valence-corrected chi connectivity index (χ2v) is 8.10. The van der Waals surface area contributed by atoms with Gasteiger partial charge in [0.15, 0.2) is 0 Å². The Kier molecular flexibility index (Phi) is 5.23. The van der Waals surface area contributed by atoms with E-state index in [1.165, 1.54) is 70.6 Å². The summed E-state index contributed by atoms with van der Waals surface area (Å²) in [4.78, 5) is 17.4. The Balaban J connectivity index is 1.31. The van der Waals surface area contributed by atoms with E-state index < -0.39 is 0 Å². The summed E-state index contributed by atoms with van der Waals surface area (Å²) < 4.78 is 0. The standard InChI is InChI=1S/C20H33N5/c1-3-8-23-11-13-24(14-12-23)18-6-9-25(10-7-18)19-15-16(2)21-20(22-19)17-4-5-17/h15,17-18H,3-14H2,1-2H3. The lowest BCUT2D eigenvalue weighted by Gasteiger charge is -2.43. The summed E-state index contributed by atoms with van der Waals surface area (Å²) in [6.07, 6.45) is 6.37. The Morgan fingerprint density at radius 2 is 1.68 bits per heavy atom. The minimum atomic E-state index is 0.635. The van der Waals surface area contributed by atoms with Crippen LogP contribution in [0.15, 0.2) is 6.07 Å². The third kappa shape index (κ3) is 4.14. The van der Waals surface area contributed by atoms with Gasteiger partial charge in [0.25, 0.3) is 0 Å². The molecule has 0 bridgehead atoms. The molecule has 25 heavy (non-hydrogen) atoms. The molecule has 4 rings (SSSR count). The molecule has 1 saturated carbocycles. The summed E-state index contributed by atoms with van der Waals surface area (Å²) in [5.74, 6) is 2.89. The largest absolute Gasteiger partial charge is 0.356 e. The summed E-state index contributed by atoms with van der Waals surface area (Å²) in [6, 6.07) is 2.95. The van der Waals surface area contributed by atoms with Gasteiger partial charge in [-0.3, -0.25) is 4.90 Å². The van der Waals surface area contributed by atoms with Crippen LogP contribution < -0.4 is 4.90 Å². The average molecular weight is 344 g/mol. The zero-order valence-electron chi connectivity index (χ0n) is 16.0. The van der Waals surface area contributed by atoms with Crippen LogP contribution in [0, 0.1) is 6.92 Å². The highest BCUT2D eigenvalue weighted by Gasteiger charge is 2.30. The van der Waals surface area contributed by atoms with E-state index in [1.54, 1.807) is 0 Å². The number of piperazine rings is 1. The fourth-order valence-electron chi connectivity index (χ4n) is 4.39. The van der Waals surface area contributed by atoms with Gasteiger partial charge in [0.1, 0.15) is 11.6 Å². The summed E-state index contributed by atoms with van der Waals surface area (Å²) in [5, 5.41) is 0. The smallest absolute Gasteiger partial charge is 0.134 e. The molecule has 138 valence electrons. The Labute approximate surface area is 152 Å². The van der Waals surface area contributed by atoms with E-state index in [0.29, 0.717) is 5.92 Å². The Bertz CT molecular complexity index is 569. The molecule has 0 N–H and O–H groups in total. The number of rotatable bonds is 5. The number of hydrogen-bond donors (Lipinski definition) is 0. The number of anilines is 1. The van der Waals surface area contributed by atoms with E-state index in [9.17, 15) is 0 Å². The van der Waals surface area contributed by atoms with Crippen LogP contribution in [0.25, 0.3) is 0 Å². The fraction of sp³-hybridized carbons (Fsp3) is 0.800. The van der Waals surface area contributed by atoms with Crippen LogP contribution in [0.2, 0.25) is 0 Å². The van der Waals surface area contributed by atoms with Gasteiger partial charge >= 0.3 is 0 Å². The predicted octanol–water partition coefficient (Wildman–Crippen LogP) is 2.66. The van der Waals surface area contributed by atoms with E-state index in [0.717, 1.165) is 30.6 Å². The molecule has 1 aromatic heterocycles. The highest BCUT2D eigenvalue weighted by Crippen LogP contribution is 2.38. The molecule has 0 spiro atoms. The second-order valence-electron chi connectivity index (χ2n) is 8.10. The third-order valence-corrected chi connectivity index (χ3v) is 6.05. The van der Waals surface area contributed by atoms with Gasteiger partial charge in [0.05, 0.1) is 0 Å². The Morgan fingerprint density at radius 1 is 0.960 bits per heavy atom. The van der Waals surface area contributed by atoms with Crippen molar-refractivity contribution in [2.75, 3.05) is 50.7 Å². The molecular weight excluding hydrogens is 310 g/mol. The Morgan fingerprint density at radius 3 is 2.32 bits per heavy atom. The normalized spacial score (nSPS) is 24.0. The molecule has 0 aromatic carbocycles. The molecule has 0 amide bonds. The summed E-state index contributed by atoms with van der Waals surface area (Å²) >= 11 is 0. The van der Waals surface area contributed by atoms with Crippen molar-refractivity contribution in [3.8, 4) is 0 Å². The maximum absolute atomic E-state index is 4.88. The van der Waals surface area contributed by atoms with Crippen LogP contribution in [0.5, 0.6) is 0 Å². The van der Waals surface area contributed by atoms with Crippen molar-refractivity contribution in [3.63, 3.8) is 0 Å². The highest BCUT2D eigenvalue weighted by molar-refractivity contribution is 5.41. The molecule has 3 fully saturated rings. The summed E-state index contributed by atoms with van der Waals surface area (Å²) in [5.41, 5.74) is 1.13. The summed E-state index contributed by atoms with van der Waals surface area (Å²) in [6.45, 7) is 13.0. The quantitative estimate of drug-likeness (QED) is 0.821. The fourth-order valence-corrected chi connectivity index (χ4v) is 4.39. The van der Waals surface area contributed by atoms with Gasteiger partial charge in [0, 0.05) is 63.0 Å². The lowest BCUT2D eigenvalue weighted by atomic mass is 10.0. The minimum Gasteiger partial charge on any atom is -0.356 e. The average Bonchev–Trinajstić information content (AvgIpc) is 3.48. The van der Waals surface area contributed by atoms with Crippen molar-refractivity contribution >= 4 is 5.82 Å². The number of hydrogen-bond acceptors (Lipinski definition) is 5. The monoisotopic (exact) mass is 343 g/mol. The van der Waals surface area contributed by atoms with Gasteiger partial charge in [-0.2, -0.15) is 0 Å². The first-order chi connectivity index (χ1) is 12.2. The number of piperidine rings is 1. The maximum atomic E-state index is 4.88. The van der Waals surface area contributed by atoms with E-state index in [2.05, 4.69) is 39.6 Å². The van der Waals surface area contributed by atoms with Crippen molar-refractivity contribution in [2.45, 2.75) is 57.9 Å². The van der Waals surface area contributed by atoms with Gasteiger partial charge in [-0.05, 0) is 45.6 Å². The van der Waals surface area contributed by atoms with E-state index in [-0.39, 0.29) is 0 Å². The number of aryl methyl sites for hydroxylation is 1. The molecule has 0 atom stereocenters. The number of nitrogens with zero attached hydrogens (tertiary/aromatic N) is 5. The zero-order valence-corrected chi connectivity index (χ0v) is 16.0. The van der Waals surface area contributed by atoms with Gasteiger partial charge in [-0.25, -0.2) is 9.97 Å². The van der Waals surface area contributed by atoms with Crippen molar-refractivity contribution < 1.29 is 0 Å². The molecule has 5 heteroatoms. The molecule has 5 nitrogen and oxygen atoms in total. The lowest BCUT2D eigenvalue weighted by molar-refractivity contribution is 0.0849. The first-order valence-corrected chi connectivity index (χ1v) is 10.3. The van der Waals surface area contributed by atoms with Crippen molar-refractivity contribution in [1.29, 1.82) is 0 Å². The van der Waals surface area contributed by atoms with E-state index in [1.807, 2.05) is 0 Å². The first-order valence-electron chi connectivity index (χ1n) is 10.3.